The minimum Gasteiger partial charge on any atom is -0.292 e. The predicted octanol–water partition coefficient (Wildman–Crippen LogP) is 2.93. The van der Waals surface area contributed by atoms with Gasteiger partial charge in [-0.1, -0.05) is 18.2 Å². The molecule has 4 rings (SSSR count). The van der Waals surface area contributed by atoms with Gasteiger partial charge in [0.05, 0.1) is 16.8 Å². The van der Waals surface area contributed by atoms with Gasteiger partial charge in [-0.25, -0.2) is 9.40 Å². The number of rotatable bonds is 6. The second-order valence-electron chi connectivity index (χ2n) is 7.74. The topological polar surface area (TPSA) is 118 Å². The molecule has 1 aliphatic carbocycles. The van der Waals surface area contributed by atoms with E-state index in [0.29, 0.717) is 17.9 Å². The van der Waals surface area contributed by atoms with E-state index in [0.717, 1.165) is 23.2 Å². The first kappa shape index (κ1) is 22.0. The van der Waals surface area contributed by atoms with Gasteiger partial charge in [-0.2, -0.15) is 5.01 Å². The SMILES string of the molecule is O=C(CN(C(=O)c1cccc([N+](=O)[O-])c1)N1C(=O)[C@H]2CC=CC[C@H]2C1=O)c1ccc(F)cc1. The van der Waals surface area contributed by atoms with Crippen molar-refractivity contribution in [2.45, 2.75) is 12.8 Å². The van der Waals surface area contributed by atoms with E-state index in [9.17, 15) is 33.7 Å². The van der Waals surface area contributed by atoms with Crippen LogP contribution in [0.4, 0.5) is 10.1 Å². The first-order valence-corrected chi connectivity index (χ1v) is 10.2. The van der Waals surface area contributed by atoms with E-state index in [2.05, 4.69) is 0 Å². The van der Waals surface area contributed by atoms with Crippen LogP contribution in [0.25, 0.3) is 0 Å². The monoisotopic (exact) mass is 451 g/mol. The molecule has 2 aromatic carbocycles. The van der Waals surface area contributed by atoms with E-state index in [-0.39, 0.29) is 16.8 Å². The van der Waals surface area contributed by atoms with Crippen molar-refractivity contribution >= 4 is 29.2 Å². The summed E-state index contributed by atoms with van der Waals surface area (Å²) in [6.45, 7) is -0.683. The van der Waals surface area contributed by atoms with Gasteiger partial charge in [-0.15, -0.1) is 0 Å². The summed E-state index contributed by atoms with van der Waals surface area (Å²) in [5.41, 5.74) is -0.446. The molecule has 1 aliphatic heterocycles. The smallest absolute Gasteiger partial charge is 0.273 e. The average Bonchev–Trinajstić information content (AvgIpc) is 3.07. The molecule has 0 spiro atoms. The van der Waals surface area contributed by atoms with Crippen LogP contribution in [0.2, 0.25) is 0 Å². The van der Waals surface area contributed by atoms with E-state index in [4.69, 9.17) is 0 Å². The van der Waals surface area contributed by atoms with Gasteiger partial charge in [0, 0.05) is 23.3 Å². The molecule has 1 heterocycles. The van der Waals surface area contributed by atoms with Gasteiger partial charge in [0.15, 0.2) is 5.78 Å². The Morgan fingerprint density at radius 1 is 1.00 bits per heavy atom. The highest BCUT2D eigenvalue weighted by atomic mass is 19.1. The fourth-order valence-corrected chi connectivity index (χ4v) is 4.02. The van der Waals surface area contributed by atoms with Crippen LogP contribution in [-0.4, -0.2) is 45.0 Å². The van der Waals surface area contributed by atoms with Crippen LogP contribution in [0, 0.1) is 27.8 Å². The van der Waals surface area contributed by atoms with Crippen LogP contribution in [0.3, 0.4) is 0 Å². The number of halogens is 1. The average molecular weight is 451 g/mol. The van der Waals surface area contributed by atoms with E-state index in [1.54, 1.807) is 12.2 Å². The minimum atomic E-state index is -0.914. The molecule has 10 heteroatoms. The largest absolute Gasteiger partial charge is 0.292 e. The summed E-state index contributed by atoms with van der Waals surface area (Å²) in [6, 6.07) is 9.40. The van der Waals surface area contributed by atoms with Crippen LogP contribution in [0.5, 0.6) is 0 Å². The van der Waals surface area contributed by atoms with Gasteiger partial charge in [0.2, 0.25) is 0 Å². The normalized spacial score (nSPS) is 19.4. The maximum absolute atomic E-state index is 13.4. The lowest BCUT2D eigenvalue weighted by atomic mass is 9.85. The number of Topliss-reactive ketones (excluding diaryl/α,β-unsaturated/α-hetero) is 1. The Labute approximate surface area is 187 Å². The van der Waals surface area contributed by atoms with E-state index < -0.39 is 52.6 Å². The first-order valence-electron chi connectivity index (χ1n) is 10.2. The van der Waals surface area contributed by atoms with Crippen LogP contribution < -0.4 is 0 Å². The Morgan fingerprint density at radius 2 is 1.61 bits per heavy atom. The van der Waals surface area contributed by atoms with Crippen LogP contribution in [0.15, 0.2) is 60.7 Å². The summed E-state index contributed by atoms with van der Waals surface area (Å²) >= 11 is 0. The van der Waals surface area contributed by atoms with Crippen LogP contribution in [0.1, 0.15) is 33.6 Å². The number of fused-ring (bicyclic) bond motifs is 1. The molecule has 2 aliphatic rings. The Kier molecular flexibility index (Phi) is 5.82. The molecule has 1 fully saturated rings. The maximum atomic E-state index is 13.4. The second-order valence-corrected chi connectivity index (χ2v) is 7.74. The fourth-order valence-electron chi connectivity index (χ4n) is 4.02. The van der Waals surface area contributed by atoms with E-state index in [1.165, 1.54) is 30.3 Å². The fraction of sp³-hybridized carbons (Fsp3) is 0.217. The maximum Gasteiger partial charge on any atom is 0.273 e. The van der Waals surface area contributed by atoms with Gasteiger partial charge in [-0.05, 0) is 43.2 Å². The molecule has 0 saturated carbocycles. The zero-order chi connectivity index (χ0) is 23.7. The summed E-state index contributed by atoms with van der Waals surface area (Å²) in [4.78, 5) is 62.8. The number of carbonyl (C=O) groups is 4. The number of ketones is 1. The zero-order valence-corrected chi connectivity index (χ0v) is 17.2. The number of nitrogens with zero attached hydrogens (tertiary/aromatic N) is 3. The van der Waals surface area contributed by atoms with Gasteiger partial charge in [0.1, 0.15) is 12.4 Å². The molecule has 1 saturated heterocycles. The van der Waals surface area contributed by atoms with Crippen molar-refractivity contribution in [3.8, 4) is 0 Å². The summed E-state index contributed by atoms with van der Waals surface area (Å²) < 4.78 is 13.2. The Hall–Kier alpha value is -4.21. The van der Waals surface area contributed by atoms with Crippen molar-refractivity contribution < 1.29 is 28.5 Å². The number of hydrazine groups is 1. The summed E-state index contributed by atoms with van der Waals surface area (Å²) in [5, 5.41) is 12.6. The second kappa shape index (κ2) is 8.73. The van der Waals surface area contributed by atoms with Gasteiger partial charge < -0.3 is 0 Å². The lowest BCUT2D eigenvalue weighted by Crippen LogP contribution is -2.52. The molecular weight excluding hydrogens is 433 g/mol. The minimum absolute atomic E-state index is 0.0754. The first-order chi connectivity index (χ1) is 15.8. The van der Waals surface area contributed by atoms with Gasteiger partial charge >= 0.3 is 0 Å². The molecule has 2 aromatic rings. The lowest BCUT2D eigenvalue weighted by molar-refractivity contribution is -0.384. The molecular formula is C23H18FN3O6. The number of amides is 3. The molecule has 0 N–H and O–H groups in total. The molecule has 168 valence electrons. The summed E-state index contributed by atoms with van der Waals surface area (Å²) in [5.74, 6) is -4.63. The van der Waals surface area contributed by atoms with Crippen molar-refractivity contribution in [2.24, 2.45) is 11.8 Å². The third-order valence-corrected chi connectivity index (χ3v) is 5.72. The van der Waals surface area contributed by atoms with Crippen molar-refractivity contribution in [3.63, 3.8) is 0 Å². The number of hydrogen-bond acceptors (Lipinski definition) is 6. The van der Waals surface area contributed by atoms with Crippen molar-refractivity contribution in [2.75, 3.05) is 6.54 Å². The number of benzene rings is 2. The van der Waals surface area contributed by atoms with Gasteiger partial charge in [-0.3, -0.25) is 29.3 Å². The summed E-state index contributed by atoms with van der Waals surface area (Å²) in [6.07, 6.45) is 4.23. The standard InChI is InChI=1S/C23H18FN3O6/c24-16-10-8-14(9-11-16)20(28)13-25(21(29)15-4-3-5-17(12-15)27(32)33)26-22(30)18-6-1-2-7-19(18)23(26)31/h1-5,8-12,18-19H,6-7,13H2/t18-,19+. The van der Waals surface area contributed by atoms with Gasteiger partial charge in [0.25, 0.3) is 23.4 Å². The van der Waals surface area contributed by atoms with Crippen molar-refractivity contribution in [1.82, 2.24) is 10.0 Å². The number of hydrogen-bond donors (Lipinski definition) is 0. The third kappa shape index (κ3) is 4.14. The molecule has 2 atom stereocenters. The number of nitro benzene ring substituents is 1. The van der Waals surface area contributed by atoms with Crippen molar-refractivity contribution in [1.29, 1.82) is 0 Å². The van der Waals surface area contributed by atoms with Crippen LogP contribution in [-0.2, 0) is 9.59 Å². The Morgan fingerprint density at radius 3 is 2.18 bits per heavy atom. The Bertz CT molecular complexity index is 1170. The molecule has 3 amide bonds. The molecule has 0 radical (unpaired) electrons. The number of allylic oxidation sites excluding steroid dienone is 2. The predicted molar refractivity (Wildman–Crippen MR) is 112 cm³/mol. The molecule has 9 nitrogen and oxygen atoms in total. The number of non-ortho nitro benzene ring substituents is 1. The van der Waals surface area contributed by atoms with Crippen molar-refractivity contribution in [3.05, 3.63) is 87.7 Å². The highest BCUT2D eigenvalue weighted by Crippen LogP contribution is 2.36. The summed E-state index contributed by atoms with van der Waals surface area (Å²) in [7, 11) is 0. The molecule has 0 bridgehead atoms. The zero-order valence-electron chi connectivity index (χ0n) is 17.2. The van der Waals surface area contributed by atoms with E-state index >= 15 is 0 Å². The lowest BCUT2D eigenvalue weighted by Gasteiger charge is -2.30. The highest BCUT2D eigenvalue weighted by molar-refractivity contribution is 6.09. The molecule has 0 unspecified atom stereocenters. The quantitative estimate of drug-likeness (QED) is 0.219. The third-order valence-electron chi connectivity index (χ3n) is 5.72. The number of carbonyl (C=O) groups excluding carboxylic acids is 4. The molecule has 0 aromatic heterocycles. The highest BCUT2D eigenvalue weighted by Gasteiger charge is 2.51. The van der Waals surface area contributed by atoms with E-state index in [1.807, 2.05) is 0 Å². The van der Waals surface area contributed by atoms with Crippen LogP contribution >= 0.6 is 0 Å². The Balaban J connectivity index is 1.71. The number of imide groups is 1. The molecule has 33 heavy (non-hydrogen) atoms. The number of nitro groups is 1.